The fourth-order valence-electron chi connectivity index (χ4n) is 1.86. The van der Waals surface area contributed by atoms with Crippen molar-refractivity contribution in [3.63, 3.8) is 0 Å². The molecule has 0 aliphatic rings. The first-order valence-corrected chi connectivity index (χ1v) is 6.36. The Balaban J connectivity index is 2.26. The number of halogens is 1. The van der Waals surface area contributed by atoms with Crippen LogP contribution < -0.4 is 4.74 Å². The number of aryl methyl sites for hydroxylation is 1. The van der Waals surface area contributed by atoms with Crippen LogP contribution in [0.1, 0.15) is 23.7 Å². The summed E-state index contributed by atoms with van der Waals surface area (Å²) in [4.78, 5) is 0. The number of ether oxygens (including phenoxy) is 1. The van der Waals surface area contributed by atoms with Crippen LogP contribution in [-0.4, -0.2) is 0 Å². The molecule has 2 heteroatoms. The number of benzene rings is 2. The van der Waals surface area contributed by atoms with Crippen LogP contribution in [0.4, 0.5) is 0 Å². The Hall–Kier alpha value is -1.47. The van der Waals surface area contributed by atoms with Gasteiger partial charge >= 0.3 is 0 Å². The van der Waals surface area contributed by atoms with Gasteiger partial charge in [0.25, 0.3) is 0 Å². The Morgan fingerprint density at radius 1 is 1.11 bits per heavy atom. The lowest BCUT2D eigenvalue weighted by molar-refractivity contribution is 0.207. The fraction of sp³-hybridized carbons (Fsp3) is 0.188. The fourth-order valence-corrected chi connectivity index (χ4v) is 2.11. The van der Waals surface area contributed by atoms with Crippen molar-refractivity contribution in [2.24, 2.45) is 0 Å². The molecule has 0 bridgehead atoms. The van der Waals surface area contributed by atoms with E-state index in [9.17, 15) is 0 Å². The highest BCUT2D eigenvalue weighted by Crippen LogP contribution is 2.30. The first-order chi connectivity index (χ1) is 8.72. The van der Waals surface area contributed by atoms with E-state index in [-0.39, 0.29) is 6.10 Å². The van der Waals surface area contributed by atoms with Gasteiger partial charge in [-0.2, -0.15) is 0 Å². The normalized spacial score (nSPS) is 12.2. The Bertz CT molecular complexity index is 522. The van der Waals surface area contributed by atoms with Gasteiger partial charge in [-0.15, -0.1) is 0 Å². The van der Waals surface area contributed by atoms with Crippen LogP contribution in [0.5, 0.6) is 5.75 Å². The smallest absolute Gasteiger partial charge is 0.125 e. The van der Waals surface area contributed by atoms with Gasteiger partial charge in [-0.25, -0.2) is 0 Å². The van der Waals surface area contributed by atoms with Gasteiger partial charge in [-0.05, 0) is 38.0 Å². The minimum absolute atomic E-state index is 0.111. The molecular formula is C16H16ClO. The molecule has 2 rings (SSSR count). The van der Waals surface area contributed by atoms with Crippen LogP contribution in [-0.2, 0) is 0 Å². The van der Waals surface area contributed by atoms with Crippen LogP contribution in [0.25, 0.3) is 0 Å². The summed E-state index contributed by atoms with van der Waals surface area (Å²) in [5, 5.41) is 0.722. The summed E-state index contributed by atoms with van der Waals surface area (Å²) in [6.45, 7) is 5.98. The molecule has 1 unspecified atom stereocenters. The third-order valence-electron chi connectivity index (χ3n) is 2.88. The Labute approximate surface area is 113 Å². The van der Waals surface area contributed by atoms with Gasteiger partial charge in [0, 0.05) is 10.6 Å². The highest BCUT2D eigenvalue weighted by molar-refractivity contribution is 6.31. The minimum atomic E-state index is -0.111. The van der Waals surface area contributed by atoms with E-state index in [0.29, 0.717) is 6.42 Å². The summed E-state index contributed by atoms with van der Waals surface area (Å²) in [6.07, 6.45) is 0.526. The molecule has 0 saturated carbocycles. The molecule has 0 heterocycles. The van der Waals surface area contributed by atoms with Crippen LogP contribution >= 0.6 is 11.6 Å². The zero-order chi connectivity index (χ0) is 13.0. The molecule has 0 aliphatic carbocycles. The van der Waals surface area contributed by atoms with E-state index in [2.05, 4.69) is 6.92 Å². The van der Waals surface area contributed by atoms with Gasteiger partial charge in [-0.3, -0.25) is 0 Å². The monoisotopic (exact) mass is 259 g/mol. The lowest BCUT2D eigenvalue weighted by Crippen LogP contribution is -2.07. The van der Waals surface area contributed by atoms with Crippen LogP contribution in [0, 0.1) is 13.8 Å². The molecule has 0 aliphatic heterocycles. The van der Waals surface area contributed by atoms with Gasteiger partial charge in [0.2, 0.25) is 0 Å². The van der Waals surface area contributed by atoms with Crippen molar-refractivity contribution in [3.05, 3.63) is 71.6 Å². The summed E-state index contributed by atoms with van der Waals surface area (Å²) in [6, 6.07) is 15.7. The SMILES string of the molecule is [CH2]CC(Oc1ccccc1C)c1ccccc1Cl. The van der Waals surface area contributed by atoms with Crippen molar-refractivity contribution in [2.75, 3.05) is 0 Å². The third kappa shape index (κ3) is 2.85. The number of hydrogen-bond donors (Lipinski definition) is 0. The van der Waals surface area contributed by atoms with E-state index in [1.807, 2.05) is 55.5 Å². The second-order valence-corrected chi connectivity index (χ2v) is 4.59. The number of rotatable bonds is 4. The molecule has 93 valence electrons. The Morgan fingerprint density at radius 3 is 2.44 bits per heavy atom. The van der Waals surface area contributed by atoms with Crippen molar-refractivity contribution < 1.29 is 4.74 Å². The Morgan fingerprint density at radius 2 is 1.78 bits per heavy atom. The summed E-state index contributed by atoms with van der Waals surface area (Å²) in [5.74, 6) is 0.881. The third-order valence-corrected chi connectivity index (χ3v) is 3.22. The van der Waals surface area contributed by atoms with Crippen molar-refractivity contribution in [1.82, 2.24) is 0 Å². The predicted molar refractivity (Wildman–Crippen MR) is 76.0 cm³/mol. The molecule has 1 nitrogen and oxygen atoms in total. The lowest BCUT2D eigenvalue weighted by Gasteiger charge is -2.20. The van der Waals surface area contributed by atoms with Gasteiger partial charge in [0.1, 0.15) is 11.9 Å². The largest absolute Gasteiger partial charge is 0.485 e. The van der Waals surface area contributed by atoms with E-state index >= 15 is 0 Å². The second kappa shape index (κ2) is 5.92. The van der Waals surface area contributed by atoms with E-state index < -0.39 is 0 Å². The zero-order valence-corrected chi connectivity index (χ0v) is 11.2. The molecule has 1 radical (unpaired) electrons. The van der Waals surface area contributed by atoms with E-state index in [4.69, 9.17) is 16.3 Å². The molecule has 0 N–H and O–H groups in total. The Kier molecular flexibility index (Phi) is 4.27. The average molecular weight is 260 g/mol. The number of para-hydroxylation sites is 1. The van der Waals surface area contributed by atoms with Gasteiger partial charge in [0.05, 0.1) is 0 Å². The highest BCUT2D eigenvalue weighted by Gasteiger charge is 2.14. The molecule has 18 heavy (non-hydrogen) atoms. The predicted octanol–water partition coefficient (Wildman–Crippen LogP) is 4.99. The van der Waals surface area contributed by atoms with E-state index in [1.54, 1.807) is 0 Å². The van der Waals surface area contributed by atoms with Gasteiger partial charge in [0.15, 0.2) is 0 Å². The summed E-state index contributed by atoms with van der Waals surface area (Å²) < 4.78 is 6.01. The molecule has 0 aromatic heterocycles. The molecule has 2 aromatic carbocycles. The van der Waals surface area contributed by atoms with E-state index in [1.165, 1.54) is 0 Å². The molecule has 0 spiro atoms. The molecule has 0 fully saturated rings. The standard InChI is InChI=1S/C16H16ClO/c1-3-15(13-9-5-6-10-14(13)17)18-16-11-7-4-8-12(16)2/h4-11,15H,1,3H2,2H3. The van der Waals surface area contributed by atoms with E-state index in [0.717, 1.165) is 21.9 Å². The van der Waals surface area contributed by atoms with Crippen molar-refractivity contribution in [2.45, 2.75) is 19.4 Å². The number of hydrogen-bond acceptors (Lipinski definition) is 1. The maximum atomic E-state index is 6.20. The van der Waals surface area contributed by atoms with Gasteiger partial charge < -0.3 is 4.74 Å². The molecule has 2 aromatic rings. The summed E-state index contributed by atoms with van der Waals surface area (Å²) >= 11 is 6.20. The highest BCUT2D eigenvalue weighted by atomic mass is 35.5. The molecule has 0 amide bonds. The maximum Gasteiger partial charge on any atom is 0.125 e. The van der Waals surface area contributed by atoms with Gasteiger partial charge in [-0.1, -0.05) is 48.0 Å². The topological polar surface area (TPSA) is 9.23 Å². The van der Waals surface area contributed by atoms with Crippen molar-refractivity contribution in [1.29, 1.82) is 0 Å². The van der Waals surface area contributed by atoms with Crippen LogP contribution in [0.2, 0.25) is 5.02 Å². The van der Waals surface area contributed by atoms with Crippen molar-refractivity contribution >= 4 is 11.6 Å². The van der Waals surface area contributed by atoms with Crippen molar-refractivity contribution in [3.8, 4) is 5.75 Å². The zero-order valence-electron chi connectivity index (χ0n) is 10.4. The lowest BCUT2D eigenvalue weighted by atomic mass is 10.1. The summed E-state index contributed by atoms with van der Waals surface area (Å²) in [5.41, 5.74) is 2.10. The first kappa shape index (κ1) is 13.0. The average Bonchev–Trinajstić information content (AvgIpc) is 2.39. The summed E-state index contributed by atoms with van der Waals surface area (Å²) in [7, 11) is 0. The maximum absolute atomic E-state index is 6.20. The quantitative estimate of drug-likeness (QED) is 0.751. The first-order valence-electron chi connectivity index (χ1n) is 5.98. The molecular weight excluding hydrogens is 244 g/mol. The van der Waals surface area contributed by atoms with Crippen LogP contribution in [0.3, 0.4) is 0 Å². The molecule has 1 atom stereocenters. The van der Waals surface area contributed by atoms with Crippen LogP contribution in [0.15, 0.2) is 48.5 Å². The second-order valence-electron chi connectivity index (χ2n) is 4.18. The molecule has 0 saturated heterocycles. The minimum Gasteiger partial charge on any atom is -0.485 e.